The molecule has 112 valence electrons. The molecule has 0 radical (unpaired) electrons. The van der Waals surface area contributed by atoms with Crippen molar-refractivity contribution in [1.29, 1.82) is 0 Å². The molecule has 0 spiro atoms. The Morgan fingerprint density at radius 3 is 2.76 bits per heavy atom. The van der Waals surface area contributed by atoms with Gasteiger partial charge in [-0.2, -0.15) is 0 Å². The minimum Gasteiger partial charge on any atom is -0.323 e. The van der Waals surface area contributed by atoms with Crippen LogP contribution in [0.25, 0.3) is 11.0 Å². The number of rotatable bonds is 2. The molecular formula is C16H17Cl2FN2. The Balaban J connectivity index is 1.92. The Hall–Kier alpha value is -0.800. The summed E-state index contributed by atoms with van der Waals surface area (Å²) in [6.07, 6.45) is 5.10. The van der Waals surface area contributed by atoms with Gasteiger partial charge < -0.3 is 4.57 Å². The number of imidazole rings is 1. The number of fused-ring (bicyclic) bond motifs is 3. The van der Waals surface area contributed by atoms with E-state index in [2.05, 4.69) is 9.55 Å². The maximum atomic E-state index is 13.7. The lowest BCUT2D eigenvalue weighted by atomic mass is 9.95. The second-order valence-electron chi connectivity index (χ2n) is 6.45. The number of halogens is 3. The summed E-state index contributed by atoms with van der Waals surface area (Å²) in [4.78, 5) is 4.57. The third-order valence-corrected chi connectivity index (χ3v) is 5.63. The zero-order valence-electron chi connectivity index (χ0n) is 11.8. The van der Waals surface area contributed by atoms with Crippen molar-refractivity contribution in [1.82, 2.24) is 9.55 Å². The molecule has 4 atom stereocenters. The molecule has 0 N–H and O–H groups in total. The highest BCUT2D eigenvalue weighted by Crippen LogP contribution is 2.52. The Morgan fingerprint density at radius 1 is 1.33 bits per heavy atom. The minimum absolute atomic E-state index is 0.153. The second-order valence-corrected chi connectivity index (χ2v) is 7.52. The van der Waals surface area contributed by atoms with E-state index in [4.69, 9.17) is 23.2 Å². The first-order valence-electron chi connectivity index (χ1n) is 7.55. The molecule has 0 aliphatic heterocycles. The second kappa shape index (κ2) is 4.85. The van der Waals surface area contributed by atoms with Crippen molar-refractivity contribution in [3.05, 3.63) is 28.8 Å². The van der Waals surface area contributed by atoms with Gasteiger partial charge in [-0.1, -0.05) is 18.0 Å². The van der Waals surface area contributed by atoms with Crippen molar-refractivity contribution in [2.24, 2.45) is 11.8 Å². The van der Waals surface area contributed by atoms with Crippen LogP contribution in [-0.2, 0) is 0 Å². The molecule has 2 saturated carbocycles. The summed E-state index contributed by atoms with van der Waals surface area (Å²) in [5, 5.41) is -0.0426. The SMILES string of the molecule is CC(Cl)c1nc2cc(F)c(Cl)cc2n1C1CC2CCC1C2. The minimum atomic E-state index is -0.421. The molecule has 2 bridgehead atoms. The number of hydrogen-bond donors (Lipinski definition) is 0. The molecule has 2 fully saturated rings. The summed E-state index contributed by atoms with van der Waals surface area (Å²) in [5.41, 5.74) is 1.57. The fourth-order valence-electron chi connectivity index (χ4n) is 4.27. The van der Waals surface area contributed by atoms with Crippen molar-refractivity contribution >= 4 is 34.2 Å². The quantitative estimate of drug-likeness (QED) is 0.667. The highest BCUT2D eigenvalue weighted by atomic mass is 35.5. The van der Waals surface area contributed by atoms with Crippen LogP contribution in [0.2, 0.25) is 5.02 Å². The third-order valence-electron chi connectivity index (χ3n) is 5.15. The summed E-state index contributed by atoms with van der Waals surface area (Å²) in [6, 6.07) is 3.56. The van der Waals surface area contributed by atoms with Gasteiger partial charge >= 0.3 is 0 Å². The van der Waals surface area contributed by atoms with Crippen LogP contribution < -0.4 is 0 Å². The van der Waals surface area contributed by atoms with Gasteiger partial charge in [-0.3, -0.25) is 0 Å². The highest BCUT2D eigenvalue weighted by molar-refractivity contribution is 6.31. The molecule has 5 heteroatoms. The molecule has 4 rings (SSSR count). The van der Waals surface area contributed by atoms with Crippen molar-refractivity contribution in [3.8, 4) is 0 Å². The van der Waals surface area contributed by atoms with Crippen molar-refractivity contribution in [3.63, 3.8) is 0 Å². The lowest BCUT2D eigenvalue weighted by molar-refractivity contribution is 0.329. The molecule has 0 saturated heterocycles. The van der Waals surface area contributed by atoms with Crippen LogP contribution >= 0.6 is 23.2 Å². The number of alkyl halides is 1. The Bertz CT molecular complexity index is 710. The van der Waals surface area contributed by atoms with Crippen LogP contribution in [0.4, 0.5) is 4.39 Å². The van der Waals surface area contributed by atoms with Crippen LogP contribution in [0.5, 0.6) is 0 Å². The van der Waals surface area contributed by atoms with Gasteiger partial charge in [-0.25, -0.2) is 9.37 Å². The van der Waals surface area contributed by atoms with Gasteiger partial charge in [0.2, 0.25) is 0 Å². The maximum Gasteiger partial charge on any atom is 0.144 e. The molecule has 21 heavy (non-hydrogen) atoms. The van der Waals surface area contributed by atoms with Gasteiger partial charge in [0.15, 0.2) is 0 Å². The summed E-state index contributed by atoms with van der Waals surface area (Å²) >= 11 is 12.3. The van der Waals surface area contributed by atoms with Gasteiger partial charge in [0.1, 0.15) is 11.6 Å². The molecule has 1 aromatic heterocycles. The first-order valence-corrected chi connectivity index (χ1v) is 8.37. The zero-order chi connectivity index (χ0) is 14.7. The molecule has 4 unspecified atom stereocenters. The topological polar surface area (TPSA) is 17.8 Å². The standard InChI is InChI=1S/C16H17Cl2FN2/c1-8(17)16-20-13-7-12(19)11(18)6-15(13)21(16)14-5-9-2-3-10(14)4-9/h6-10,14H,2-5H2,1H3. The summed E-state index contributed by atoms with van der Waals surface area (Å²) in [7, 11) is 0. The lowest BCUT2D eigenvalue weighted by Gasteiger charge is -2.26. The highest BCUT2D eigenvalue weighted by Gasteiger charge is 2.42. The van der Waals surface area contributed by atoms with E-state index in [0.29, 0.717) is 17.5 Å². The molecule has 1 heterocycles. The van der Waals surface area contributed by atoms with E-state index in [1.165, 1.54) is 31.7 Å². The third kappa shape index (κ3) is 2.08. The monoisotopic (exact) mass is 326 g/mol. The van der Waals surface area contributed by atoms with E-state index < -0.39 is 5.82 Å². The van der Waals surface area contributed by atoms with E-state index in [1.807, 2.05) is 6.92 Å². The summed E-state index contributed by atoms with van der Waals surface area (Å²) < 4.78 is 15.9. The normalized spacial score (nSPS) is 29.4. The summed E-state index contributed by atoms with van der Waals surface area (Å²) in [6.45, 7) is 1.92. The average Bonchev–Trinajstić information content (AvgIpc) is 3.12. The predicted molar refractivity (Wildman–Crippen MR) is 83.5 cm³/mol. The zero-order valence-corrected chi connectivity index (χ0v) is 13.3. The first kappa shape index (κ1) is 13.8. The number of hydrogen-bond acceptors (Lipinski definition) is 1. The molecule has 2 aliphatic rings. The Kier molecular flexibility index (Phi) is 3.20. The maximum absolute atomic E-state index is 13.7. The van der Waals surface area contributed by atoms with Gasteiger partial charge in [0.25, 0.3) is 0 Å². The number of nitrogens with zero attached hydrogens (tertiary/aromatic N) is 2. The van der Waals surface area contributed by atoms with Crippen LogP contribution in [0.15, 0.2) is 12.1 Å². The molecule has 2 aromatic rings. The number of benzene rings is 1. The van der Waals surface area contributed by atoms with E-state index >= 15 is 0 Å². The van der Waals surface area contributed by atoms with Crippen LogP contribution in [0.1, 0.15) is 49.9 Å². The summed E-state index contributed by atoms with van der Waals surface area (Å²) in [5.74, 6) is 1.94. The van der Waals surface area contributed by atoms with E-state index in [1.54, 1.807) is 6.07 Å². The first-order chi connectivity index (χ1) is 10.0. The average molecular weight is 327 g/mol. The predicted octanol–water partition coefficient (Wildman–Crippen LogP) is 5.49. The molecular weight excluding hydrogens is 310 g/mol. The molecule has 0 amide bonds. The van der Waals surface area contributed by atoms with E-state index in [0.717, 1.165) is 17.3 Å². The van der Waals surface area contributed by atoms with E-state index in [9.17, 15) is 4.39 Å². The molecule has 2 nitrogen and oxygen atoms in total. The van der Waals surface area contributed by atoms with Gasteiger partial charge in [-0.05, 0) is 44.1 Å². The van der Waals surface area contributed by atoms with Crippen molar-refractivity contribution in [2.45, 2.75) is 44.0 Å². The lowest BCUT2D eigenvalue weighted by Crippen LogP contribution is -2.18. The Labute approximate surface area is 133 Å². The molecule has 1 aromatic carbocycles. The van der Waals surface area contributed by atoms with Crippen LogP contribution in [-0.4, -0.2) is 9.55 Å². The van der Waals surface area contributed by atoms with Crippen molar-refractivity contribution in [2.75, 3.05) is 0 Å². The smallest absolute Gasteiger partial charge is 0.144 e. The van der Waals surface area contributed by atoms with Gasteiger partial charge in [0.05, 0.1) is 21.4 Å². The van der Waals surface area contributed by atoms with E-state index in [-0.39, 0.29) is 10.4 Å². The van der Waals surface area contributed by atoms with Crippen LogP contribution in [0.3, 0.4) is 0 Å². The molecule has 2 aliphatic carbocycles. The fraction of sp³-hybridized carbons (Fsp3) is 0.562. The number of aromatic nitrogens is 2. The van der Waals surface area contributed by atoms with Gasteiger partial charge in [0, 0.05) is 12.1 Å². The van der Waals surface area contributed by atoms with Gasteiger partial charge in [-0.15, -0.1) is 11.6 Å². The van der Waals surface area contributed by atoms with Crippen molar-refractivity contribution < 1.29 is 4.39 Å². The largest absolute Gasteiger partial charge is 0.323 e. The van der Waals surface area contributed by atoms with Crippen LogP contribution in [0, 0.1) is 17.7 Å². The Morgan fingerprint density at radius 2 is 2.14 bits per heavy atom. The fourth-order valence-corrected chi connectivity index (χ4v) is 4.58.